The molecule has 0 spiro atoms. The molecule has 1 N–H and O–H groups in total. The minimum absolute atomic E-state index is 0.230. The molecule has 5 nitrogen and oxygen atoms in total. The van der Waals surface area contributed by atoms with Crippen LogP contribution in [0, 0.1) is 25.7 Å². The molecule has 1 aromatic rings. The molecule has 2 amide bonds. The van der Waals surface area contributed by atoms with Crippen molar-refractivity contribution in [3.63, 3.8) is 0 Å². The number of amides is 2. The lowest BCUT2D eigenvalue weighted by atomic mass is 9.77. The SMILES string of the molecule is Cc1ccc(N2C(=O)[C@H]3[C@@H]4C=C[C@](CO)(O4)[C@H]3C2=O)c(C)c1. The average Bonchev–Trinajstić information content (AvgIpc) is 3.12. The Hall–Kier alpha value is -1.98. The summed E-state index contributed by atoms with van der Waals surface area (Å²) in [6.07, 6.45) is 3.10. The number of hydrogen-bond donors (Lipinski definition) is 1. The molecule has 2 bridgehead atoms. The number of fused-ring (bicyclic) bond motifs is 5. The maximum Gasteiger partial charge on any atom is 0.241 e. The van der Waals surface area contributed by atoms with Crippen molar-refractivity contribution in [2.45, 2.75) is 25.6 Å². The second kappa shape index (κ2) is 4.27. The Bertz CT molecular complexity index is 725. The van der Waals surface area contributed by atoms with Gasteiger partial charge in [-0.15, -0.1) is 0 Å². The molecule has 0 aromatic heterocycles. The molecule has 1 aromatic carbocycles. The van der Waals surface area contributed by atoms with Crippen LogP contribution in [0.3, 0.4) is 0 Å². The predicted molar refractivity (Wildman–Crippen MR) is 79.2 cm³/mol. The minimum atomic E-state index is -1.03. The summed E-state index contributed by atoms with van der Waals surface area (Å²) in [6.45, 7) is 3.57. The van der Waals surface area contributed by atoms with Crippen molar-refractivity contribution in [2.24, 2.45) is 11.8 Å². The fourth-order valence-electron chi connectivity index (χ4n) is 3.98. The fourth-order valence-corrected chi connectivity index (χ4v) is 3.98. The summed E-state index contributed by atoms with van der Waals surface area (Å²) in [5.74, 6) is -1.65. The molecule has 0 aliphatic carbocycles. The van der Waals surface area contributed by atoms with Crippen molar-refractivity contribution in [3.8, 4) is 0 Å². The second-order valence-corrected chi connectivity index (χ2v) is 6.36. The van der Waals surface area contributed by atoms with Crippen LogP contribution < -0.4 is 4.90 Å². The number of ether oxygens (including phenoxy) is 1. The van der Waals surface area contributed by atoms with Crippen LogP contribution in [0.4, 0.5) is 5.69 Å². The molecule has 2 saturated heterocycles. The molecule has 0 saturated carbocycles. The molecule has 5 heteroatoms. The van der Waals surface area contributed by atoms with E-state index in [1.54, 1.807) is 12.2 Å². The van der Waals surface area contributed by atoms with Gasteiger partial charge < -0.3 is 9.84 Å². The standard InChI is InChI=1S/C17H17NO4/c1-9-3-4-11(10(2)7-9)18-15(20)13-12-5-6-17(8-19,22-12)14(13)16(18)21/h3-7,12-14,19H,8H2,1-2H3/t12-,13-,14+,17+/m0/s1. The van der Waals surface area contributed by atoms with Gasteiger partial charge >= 0.3 is 0 Å². The Morgan fingerprint density at radius 1 is 1.27 bits per heavy atom. The summed E-state index contributed by atoms with van der Waals surface area (Å²) in [6, 6.07) is 5.65. The third-order valence-electron chi connectivity index (χ3n) is 5.00. The Kier molecular flexibility index (Phi) is 2.65. The number of nitrogens with zero attached hydrogens (tertiary/aromatic N) is 1. The van der Waals surface area contributed by atoms with Gasteiger partial charge in [0.1, 0.15) is 5.60 Å². The van der Waals surface area contributed by atoms with Crippen LogP contribution in [0.2, 0.25) is 0 Å². The van der Waals surface area contributed by atoms with Gasteiger partial charge in [0.2, 0.25) is 11.8 Å². The molecule has 3 aliphatic heterocycles. The molecule has 114 valence electrons. The topological polar surface area (TPSA) is 66.8 Å². The van der Waals surface area contributed by atoms with Gasteiger partial charge in [-0.05, 0) is 25.5 Å². The van der Waals surface area contributed by atoms with Crippen molar-refractivity contribution in [1.29, 1.82) is 0 Å². The molecule has 0 radical (unpaired) electrons. The Balaban J connectivity index is 1.79. The highest BCUT2D eigenvalue weighted by molar-refractivity contribution is 6.23. The quantitative estimate of drug-likeness (QED) is 0.656. The smallest absolute Gasteiger partial charge is 0.241 e. The van der Waals surface area contributed by atoms with E-state index in [1.807, 2.05) is 32.0 Å². The molecule has 4 rings (SSSR count). The summed E-state index contributed by atoms with van der Waals surface area (Å²) in [5, 5.41) is 9.68. The lowest BCUT2D eigenvalue weighted by Crippen LogP contribution is -2.43. The van der Waals surface area contributed by atoms with Gasteiger partial charge in [0.25, 0.3) is 0 Å². The van der Waals surface area contributed by atoms with Gasteiger partial charge in [-0.3, -0.25) is 9.59 Å². The number of anilines is 1. The zero-order valence-electron chi connectivity index (χ0n) is 12.4. The number of aliphatic hydroxyl groups is 1. The lowest BCUT2D eigenvalue weighted by molar-refractivity contribution is -0.128. The summed E-state index contributed by atoms with van der Waals surface area (Å²) in [7, 11) is 0. The van der Waals surface area contributed by atoms with E-state index < -0.39 is 23.5 Å². The van der Waals surface area contributed by atoms with E-state index in [0.29, 0.717) is 5.69 Å². The average molecular weight is 299 g/mol. The molecule has 2 fully saturated rings. The number of aryl methyl sites for hydroxylation is 2. The maximum atomic E-state index is 12.9. The number of hydrogen-bond acceptors (Lipinski definition) is 4. The monoisotopic (exact) mass is 299 g/mol. The molecule has 22 heavy (non-hydrogen) atoms. The maximum absolute atomic E-state index is 12.9. The lowest BCUT2D eigenvalue weighted by Gasteiger charge is -2.26. The predicted octanol–water partition coefficient (Wildman–Crippen LogP) is 1.11. The summed E-state index contributed by atoms with van der Waals surface area (Å²) in [4.78, 5) is 26.9. The fraction of sp³-hybridized carbons (Fsp3) is 0.412. The molecular weight excluding hydrogens is 282 g/mol. The first-order valence-electron chi connectivity index (χ1n) is 7.41. The third kappa shape index (κ3) is 1.50. The molecule has 4 atom stereocenters. The van der Waals surface area contributed by atoms with Crippen LogP contribution in [0.5, 0.6) is 0 Å². The van der Waals surface area contributed by atoms with Crippen molar-refractivity contribution in [1.82, 2.24) is 0 Å². The summed E-state index contributed by atoms with van der Waals surface area (Å²) in [5.41, 5.74) is 1.57. The summed E-state index contributed by atoms with van der Waals surface area (Å²) < 4.78 is 5.72. The number of benzene rings is 1. The Morgan fingerprint density at radius 2 is 2.05 bits per heavy atom. The summed E-state index contributed by atoms with van der Waals surface area (Å²) >= 11 is 0. The normalized spacial score (nSPS) is 35.6. The zero-order chi connectivity index (χ0) is 15.6. The second-order valence-electron chi connectivity index (χ2n) is 6.36. The number of imide groups is 1. The van der Waals surface area contributed by atoms with Gasteiger partial charge in [-0.1, -0.05) is 29.8 Å². The van der Waals surface area contributed by atoms with E-state index in [2.05, 4.69) is 0 Å². The van der Waals surface area contributed by atoms with Gasteiger partial charge in [-0.2, -0.15) is 0 Å². The van der Waals surface area contributed by atoms with E-state index in [4.69, 9.17) is 4.74 Å². The first-order chi connectivity index (χ1) is 10.5. The number of aliphatic hydroxyl groups excluding tert-OH is 1. The van der Waals surface area contributed by atoms with Gasteiger partial charge in [0, 0.05) is 0 Å². The van der Waals surface area contributed by atoms with Crippen LogP contribution in [-0.2, 0) is 14.3 Å². The first kappa shape index (κ1) is 13.7. The van der Waals surface area contributed by atoms with E-state index in [1.165, 1.54) is 4.90 Å². The largest absolute Gasteiger partial charge is 0.393 e. The zero-order valence-corrected chi connectivity index (χ0v) is 12.4. The number of rotatable bonds is 2. The van der Waals surface area contributed by atoms with Gasteiger partial charge in [0.15, 0.2) is 0 Å². The van der Waals surface area contributed by atoms with Crippen LogP contribution in [-0.4, -0.2) is 35.2 Å². The molecule has 0 unspecified atom stereocenters. The van der Waals surface area contributed by atoms with Crippen molar-refractivity contribution in [3.05, 3.63) is 41.5 Å². The van der Waals surface area contributed by atoms with E-state index >= 15 is 0 Å². The number of carbonyl (C=O) groups is 2. The van der Waals surface area contributed by atoms with Crippen LogP contribution in [0.1, 0.15) is 11.1 Å². The molecule has 3 heterocycles. The molecule has 3 aliphatic rings. The highest BCUT2D eigenvalue weighted by Crippen LogP contribution is 2.52. The van der Waals surface area contributed by atoms with E-state index in [0.717, 1.165) is 11.1 Å². The minimum Gasteiger partial charge on any atom is -0.393 e. The van der Waals surface area contributed by atoms with Crippen LogP contribution in [0.25, 0.3) is 0 Å². The Morgan fingerprint density at radius 3 is 2.73 bits per heavy atom. The Labute approximate surface area is 128 Å². The van der Waals surface area contributed by atoms with E-state index in [9.17, 15) is 14.7 Å². The van der Waals surface area contributed by atoms with Crippen LogP contribution >= 0.6 is 0 Å². The highest BCUT2D eigenvalue weighted by Gasteiger charge is 2.67. The van der Waals surface area contributed by atoms with Crippen molar-refractivity contribution >= 4 is 17.5 Å². The highest BCUT2D eigenvalue weighted by atomic mass is 16.5. The van der Waals surface area contributed by atoms with E-state index in [-0.39, 0.29) is 18.4 Å². The van der Waals surface area contributed by atoms with Crippen LogP contribution in [0.15, 0.2) is 30.4 Å². The number of carbonyl (C=O) groups excluding carboxylic acids is 2. The van der Waals surface area contributed by atoms with Crippen molar-refractivity contribution in [2.75, 3.05) is 11.5 Å². The first-order valence-corrected chi connectivity index (χ1v) is 7.41. The molecular formula is C17H17NO4. The van der Waals surface area contributed by atoms with Gasteiger partial charge in [-0.25, -0.2) is 4.90 Å². The van der Waals surface area contributed by atoms with Crippen molar-refractivity contribution < 1.29 is 19.4 Å². The third-order valence-corrected chi connectivity index (χ3v) is 5.00. The van der Waals surface area contributed by atoms with Gasteiger partial charge in [0.05, 0.1) is 30.2 Å².